The first-order valence-corrected chi connectivity index (χ1v) is 31.5. The first-order chi connectivity index (χ1) is 43.8. The summed E-state index contributed by atoms with van der Waals surface area (Å²) >= 11 is 0. The lowest BCUT2D eigenvalue weighted by molar-refractivity contribution is -0.143. The number of aliphatic hydroxyl groups is 2. The highest BCUT2D eigenvalue weighted by molar-refractivity contribution is 6.00. The zero-order valence-corrected chi connectivity index (χ0v) is 54.8. The summed E-state index contributed by atoms with van der Waals surface area (Å²) in [5.41, 5.74) is 2.25. The molecule has 2 aliphatic heterocycles. The zero-order chi connectivity index (χ0) is 69.0. The van der Waals surface area contributed by atoms with Crippen LogP contribution in [0.3, 0.4) is 0 Å². The highest BCUT2D eigenvalue weighted by Crippen LogP contribution is 2.26. The van der Waals surface area contributed by atoms with Crippen molar-refractivity contribution in [2.24, 2.45) is 5.41 Å². The minimum atomic E-state index is -1.83. The summed E-state index contributed by atoms with van der Waals surface area (Å²) < 4.78 is 0. The van der Waals surface area contributed by atoms with Crippen molar-refractivity contribution in [1.29, 1.82) is 0 Å². The Bertz CT molecular complexity index is 3150. The predicted octanol–water partition coefficient (Wildman–Crippen LogP) is -1.44. The van der Waals surface area contributed by atoms with Crippen LogP contribution in [0.4, 0.5) is 0 Å². The van der Waals surface area contributed by atoms with Crippen molar-refractivity contribution in [3.05, 3.63) is 59.9 Å². The molecular formula is C63H95N15O15. The van der Waals surface area contributed by atoms with E-state index >= 15 is 9.59 Å². The molecule has 0 unspecified atom stereocenters. The molecule has 11 atom stereocenters. The Balaban J connectivity index is 1.54. The lowest BCUT2D eigenvalue weighted by atomic mass is 9.85. The SMILES string of the molecule is CNC(=O)[C@H](CO)NC(=O)[C@H](C)NC(=O)[C@]1(C)CCCCCCC[C@](C)(NC)C(=O)NNC(=O)CCC[C@H](NC(C)=O)C(=O)N[C@@H](C(C)(C)C)C(=O)N[C@@H](Cc2ccc(O)cc2)C(=O)N2CCC[C@H]2C(=O)N[C@@H]([C@@H](C)O)C(=O)N[C@@H](Cc2c[nH]c3ncccc23)C(=O)N1. The van der Waals surface area contributed by atoms with E-state index in [1.165, 1.54) is 63.9 Å². The van der Waals surface area contributed by atoms with Gasteiger partial charge in [-0.2, -0.15) is 0 Å². The molecule has 512 valence electrons. The molecule has 0 aliphatic carbocycles. The molecule has 3 aromatic rings. The van der Waals surface area contributed by atoms with Gasteiger partial charge >= 0.3 is 0 Å². The first-order valence-electron chi connectivity index (χ1n) is 31.5. The van der Waals surface area contributed by atoms with Gasteiger partial charge < -0.3 is 78.4 Å². The maximum absolute atomic E-state index is 15.1. The Morgan fingerprint density at radius 1 is 0.753 bits per heavy atom. The van der Waals surface area contributed by atoms with E-state index in [-0.39, 0.29) is 63.7 Å². The molecule has 0 bridgehead atoms. The van der Waals surface area contributed by atoms with Crippen LogP contribution < -0.4 is 64.0 Å². The van der Waals surface area contributed by atoms with E-state index in [0.717, 1.165) is 0 Å². The Morgan fingerprint density at radius 2 is 1.42 bits per heavy atom. The number of nitrogens with zero attached hydrogens (tertiary/aromatic N) is 2. The van der Waals surface area contributed by atoms with Gasteiger partial charge in [0.05, 0.1) is 18.2 Å². The number of aliphatic hydroxyl groups excluding tert-OH is 2. The van der Waals surface area contributed by atoms with Crippen LogP contribution in [0.15, 0.2) is 48.8 Å². The number of aromatic hydroxyl groups is 1. The van der Waals surface area contributed by atoms with Crippen molar-refractivity contribution in [2.45, 2.75) is 211 Å². The Morgan fingerprint density at radius 3 is 2.05 bits per heavy atom. The number of fused-ring (bicyclic) bond motifs is 2. The predicted molar refractivity (Wildman–Crippen MR) is 340 cm³/mol. The van der Waals surface area contributed by atoms with Crippen LogP contribution in [0.2, 0.25) is 0 Å². The molecule has 16 N–H and O–H groups in total. The van der Waals surface area contributed by atoms with E-state index in [0.29, 0.717) is 60.7 Å². The number of H-pyrrole nitrogens is 1. The van der Waals surface area contributed by atoms with E-state index in [2.05, 4.69) is 74.0 Å². The molecule has 2 saturated heterocycles. The van der Waals surface area contributed by atoms with E-state index in [9.17, 15) is 63.3 Å². The molecule has 0 radical (unpaired) electrons. The number of pyridine rings is 1. The van der Waals surface area contributed by atoms with Crippen molar-refractivity contribution in [3.8, 4) is 5.75 Å². The molecule has 0 saturated carbocycles. The van der Waals surface area contributed by atoms with E-state index in [4.69, 9.17) is 0 Å². The summed E-state index contributed by atoms with van der Waals surface area (Å²) in [4.78, 5) is 176. The number of nitrogens with one attached hydrogen (secondary N) is 13. The van der Waals surface area contributed by atoms with Gasteiger partial charge in [0.25, 0.3) is 5.91 Å². The molecule has 12 amide bonds. The van der Waals surface area contributed by atoms with E-state index in [1.807, 2.05) is 0 Å². The summed E-state index contributed by atoms with van der Waals surface area (Å²) in [6.45, 7) is 11.1. The van der Waals surface area contributed by atoms with Gasteiger partial charge in [-0.1, -0.05) is 65.0 Å². The first kappa shape index (κ1) is 75.0. The smallest absolute Gasteiger partial charge is 0.258 e. The molecule has 2 aliphatic rings. The normalized spacial score (nSPS) is 25.5. The molecular weight excluding hydrogens is 1210 g/mol. The largest absolute Gasteiger partial charge is 0.508 e. The number of rotatable bonds is 13. The number of hydrazine groups is 1. The Kier molecular flexibility index (Phi) is 27.6. The number of carbonyl (C=O) groups is 12. The van der Waals surface area contributed by atoms with Gasteiger partial charge in [0.15, 0.2) is 0 Å². The highest BCUT2D eigenvalue weighted by Gasteiger charge is 2.44. The van der Waals surface area contributed by atoms with Gasteiger partial charge in [-0.15, -0.1) is 0 Å². The van der Waals surface area contributed by atoms with Crippen LogP contribution in [-0.2, 0) is 70.4 Å². The summed E-state index contributed by atoms with van der Waals surface area (Å²) in [5, 5.41) is 58.4. The molecule has 2 fully saturated rings. The van der Waals surface area contributed by atoms with Crippen LogP contribution in [-0.4, -0.2) is 194 Å². The Hall–Kier alpha value is -8.77. The molecule has 2 aromatic heterocycles. The van der Waals surface area contributed by atoms with E-state index < -0.39 is 148 Å². The average Bonchev–Trinajstić information content (AvgIpc) is 1.81. The number of hydrogen-bond acceptors (Lipinski definition) is 17. The van der Waals surface area contributed by atoms with Crippen LogP contribution in [0.25, 0.3) is 11.0 Å². The standard InChI is InChI=1S/C63H95N15O15/c1-35(51(84)72-45(34-79)52(85)64-9)68-59(92)63(8)28-15-13-11-12-14-27-62(7,65-10)60(93)77-76-47(83)22-16-20-42(69-37(3)81)53(86)74-49(61(4,5)6)57(90)71-44(31-38-23-25-40(82)26-24-38)58(91)78-30-18-21-46(78)55(88)73-48(36(2)80)56(89)70-43(54(87)75-63)32-39-33-67-50-41(39)19-17-29-66-50/h17,19,23-26,29,33,35-36,42-46,48-49,65,79-80,82H,11-16,18,20-22,27-28,30-32,34H2,1-10H3,(H,64,85)(H,66,67)(H,68,92)(H,69,81)(H,70,89)(H,71,90)(H,72,84)(H,73,88)(H,74,86)(H,75,87)(H,76,83)(H,77,93)/t35-,36+,42-,43-,44-,45-,46-,48-,49+,62-,63-/m0/s1. The number of phenolic OH excluding ortho intramolecular Hbond substituents is 1. The third-order valence-electron chi connectivity index (χ3n) is 16.9. The van der Waals surface area contributed by atoms with Crippen LogP contribution in [0, 0.1) is 5.41 Å². The molecule has 1 aromatic carbocycles. The van der Waals surface area contributed by atoms with Crippen LogP contribution >= 0.6 is 0 Å². The van der Waals surface area contributed by atoms with Gasteiger partial charge in [0.1, 0.15) is 65.3 Å². The number of aromatic amines is 1. The number of phenols is 1. The molecule has 30 heteroatoms. The lowest BCUT2D eigenvalue weighted by Gasteiger charge is -2.34. The fourth-order valence-electron chi connectivity index (χ4n) is 11.1. The molecule has 4 heterocycles. The number of benzene rings is 1. The molecule has 0 spiro atoms. The number of hydrogen-bond donors (Lipinski definition) is 16. The van der Waals surface area contributed by atoms with Gasteiger partial charge in [-0.3, -0.25) is 68.4 Å². The fraction of sp³-hybridized carbons (Fsp3) is 0.603. The third-order valence-corrected chi connectivity index (χ3v) is 16.9. The third kappa shape index (κ3) is 21.4. The van der Waals surface area contributed by atoms with Crippen molar-refractivity contribution in [1.82, 2.24) is 78.9 Å². The van der Waals surface area contributed by atoms with Crippen molar-refractivity contribution in [2.75, 3.05) is 27.2 Å². The molecule has 93 heavy (non-hydrogen) atoms. The topological polar surface area (TPSA) is 442 Å². The summed E-state index contributed by atoms with van der Waals surface area (Å²) in [7, 11) is 2.90. The number of amides is 12. The summed E-state index contributed by atoms with van der Waals surface area (Å²) in [5.74, 6) is -9.34. The second kappa shape index (κ2) is 34.2. The summed E-state index contributed by atoms with van der Waals surface area (Å²) in [6.07, 6.45) is 3.96. The van der Waals surface area contributed by atoms with Crippen molar-refractivity contribution < 1.29 is 72.9 Å². The monoisotopic (exact) mass is 1300 g/mol. The minimum Gasteiger partial charge on any atom is -0.508 e. The number of aromatic nitrogens is 2. The number of carbonyl (C=O) groups excluding carboxylic acids is 12. The Labute approximate surface area is 540 Å². The maximum atomic E-state index is 15.1. The van der Waals surface area contributed by atoms with Gasteiger partial charge in [-0.05, 0) is 114 Å². The van der Waals surface area contributed by atoms with Gasteiger partial charge in [0.2, 0.25) is 65.0 Å². The van der Waals surface area contributed by atoms with Crippen LogP contribution in [0.5, 0.6) is 5.75 Å². The fourth-order valence-corrected chi connectivity index (χ4v) is 11.1. The quantitative estimate of drug-likeness (QED) is 0.0932. The van der Waals surface area contributed by atoms with Crippen LogP contribution in [0.1, 0.15) is 144 Å². The highest BCUT2D eigenvalue weighted by atomic mass is 16.3. The lowest BCUT2D eigenvalue weighted by Crippen LogP contribution is -2.65. The maximum Gasteiger partial charge on any atom is 0.258 e. The van der Waals surface area contributed by atoms with Crippen molar-refractivity contribution in [3.63, 3.8) is 0 Å². The van der Waals surface area contributed by atoms with Gasteiger partial charge in [0, 0.05) is 57.6 Å². The second-order valence-corrected chi connectivity index (χ2v) is 25.5. The molecule has 30 nitrogen and oxygen atoms in total. The van der Waals surface area contributed by atoms with Crippen molar-refractivity contribution >= 4 is 81.9 Å². The zero-order valence-electron chi connectivity index (χ0n) is 54.8. The number of likely N-dealkylation sites (N-methyl/N-ethyl adjacent to an activating group) is 2. The molecule has 5 rings (SSSR count). The minimum absolute atomic E-state index is 0.00132. The summed E-state index contributed by atoms with van der Waals surface area (Å²) in [6, 6.07) is -2.10. The van der Waals surface area contributed by atoms with Gasteiger partial charge in [-0.25, -0.2) is 4.98 Å². The van der Waals surface area contributed by atoms with E-state index in [1.54, 1.807) is 59.3 Å². The average molecular weight is 1300 g/mol. The second-order valence-electron chi connectivity index (χ2n) is 25.5.